The molecule has 0 bridgehead atoms. The number of phenolic OH excluding ortho intramolecular Hbond substituents is 1. The van der Waals surface area contributed by atoms with E-state index in [1.165, 1.54) is 0 Å². The first-order valence-electron chi connectivity index (χ1n) is 8.14. The van der Waals surface area contributed by atoms with E-state index in [4.69, 9.17) is 9.47 Å². The van der Waals surface area contributed by atoms with Gasteiger partial charge in [0, 0.05) is 11.8 Å². The van der Waals surface area contributed by atoms with Crippen molar-refractivity contribution < 1.29 is 19.4 Å². The first-order valence-corrected chi connectivity index (χ1v) is 8.14. The third-order valence-corrected chi connectivity index (χ3v) is 4.53. The van der Waals surface area contributed by atoms with Crippen LogP contribution in [0.25, 0.3) is 0 Å². The Morgan fingerprint density at radius 3 is 2.64 bits per heavy atom. The van der Waals surface area contributed by atoms with Crippen LogP contribution >= 0.6 is 0 Å². The molecule has 0 radical (unpaired) electrons. The highest BCUT2D eigenvalue weighted by atomic mass is 16.5. The summed E-state index contributed by atoms with van der Waals surface area (Å²) in [7, 11) is 3.13. The van der Waals surface area contributed by atoms with Crippen LogP contribution in [-0.4, -0.2) is 25.4 Å². The van der Waals surface area contributed by atoms with E-state index >= 15 is 0 Å². The van der Waals surface area contributed by atoms with Gasteiger partial charge in [-0.3, -0.25) is 0 Å². The molecule has 0 spiro atoms. The predicted octanol–water partition coefficient (Wildman–Crippen LogP) is 3.53. The van der Waals surface area contributed by atoms with Gasteiger partial charge in [-0.1, -0.05) is 12.1 Å². The van der Waals surface area contributed by atoms with E-state index in [2.05, 4.69) is 10.6 Å². The number of aryl methyl sites for hydroxylation is 1. The number of fused-ring (bicyclic) bond motifs is 1. The Morgan fingerprint density at radius 1 is 1.20 bits per heavy atom. The Bertz CT molecular complexity index is 804. The molecule has 0 saturated heterocycles. The third-order valence-electron chi connectivity index (χ3n) is 4.53. The first-order chi connectivity index (χ1) is 12.0. The molecule has 0 heterocycles. The van der Waals surface area contributed by atoms with Crippen molar-refractivity contribution in [2.45, 2.75) is 25.8 Å². The molecule has 132 valence electrons. The van der Waals surface area contributed by atoms with Crippen molar-refractivity contribution in [2.75, 3.05) is 19.5 Å². The smallest absolute Gasteiger partial charge is 0.319 e. The summed E-state index contributed by atoms with van der Waals surface area (Å²) in [6.07, 6.45) is 1.52. The van der Waals surface area contributed by atoms with E-state index < -0.39 is 0 Å². The summed E-state index contributed by atoms with van der Waals surface area (Å²) in [6.45, 7) is 1.89. The highest BCUT2D eigenvalue weighted by molar-refractivity contribution is 5.91. The molecule has 0 aromatic heterocycles. The first kappa shape index (κ1) is 17.0. The van der Waals surface area contributed by atoms with Crippen molar-refractivity contribution in [3.8, 4) is 17.2 Å². The van der Waals surface area contributed by atoms with E-state index in [1.807, 2.05) is 19.1 Å². The van der Waals surface area contributed by atoms with Crippen molar-refractivity contribution in [3.05, 3.63) is 47.0 Å². The molecule has 0 aliphatic heterocycles. The van der Waals surface area contributed by atoms with Crippen molar-refractivity contribution in [3.63, 3.8) is 0 Å². The number of amides is 2. The molecule has 2 amide bonds. The zero-order valence-corrected chi connectivity index (χ0v) is 14.6. The average molecular weight is 342 g/mol. The minimum Gasteiger partial charge on any atom is -0.508 e. The van der Waals surface area contributed by atoms with Crippen LogP contribution in [0, 0.1) is 6.92 Å². The topological polar surface area (TPSA) is 79.8 Å². The van der Waals surface area contributed by atoms with Gasteiger partial charge >= 0.3 is 6.03 Å². The molecule has 6 nitrogen and oxygen atoms in total. The molecule has 2 aromatic carbocycles. The summed E-state index contributed by atoms with van der Waals surface area (Å²) < 4.78 is 10.5. The van der Waals surface area contributed by atoms with Crippen molar-refractivity contribution in [2.24, 2.45) is 0 Å². The van der Waals surface area contributed by atoms with Gasteiger partial charge in [0.25, 0.3) is 0 Å². The second-order valence-electron chi connectivity index (χ2n) is 6.06. The molecule has 3 rings (SSSR count). The maximum absolute atomic E-state index is 12.4. The lowest BCUT2D eigenvalue weighted by Gasteiger charge is -2.17. The molecule has 6 heteroatoms. The van der Waals surface area contributed by atoms with Crippen LogP contribution in [0.3, 0.4) is 0 Å². The van der Waals surface area contributed by atoms with Gasteiger partial charge in [-0.25, -0.2) is 4.79 Å². The van der Waals surface area contributed by atoms with Gasteiger partial charge in [0.1, 0.15) is 5.75 Å². The standard InChI is InChI=1S/C19H22N2O4/c1-11-9-17(24-2)18(25-3)10-15(11)21-19(23)20-14-8-7-13-12(14)5-4-6-16(13)22/h4-6,9-10,14,22H,7-8H2,1-3H3,(H2,20,21,23). The van der Waals surface area contributed by atoms with Gasteiger partial charge in [-0.2, -0.15) is 0 Å². The number of methoxy groups -OCH3 is 2. The van der Waals surface area contributed by atoms with Crippen LogP contribution in [0.1, 0.15) is 29.2 Å². The van der Waals surface area contributed by atoms with Gasteiger partial charge in [0.2, 0.25) is 0 Å². The number of benzene rings is 2. The zero-order valence-electron chi connectivity index (χ0n) is 14.6. The Hall–Kier alpha value is -2.89. The van der Waals surface area contributed by atoms with Gasteiger partial charge < -0.3 is 25.2 Å². The van der Waals surface area contributed by atoms with Crippen LogP contribution in [0.15, 0.2) is 30.3 Å². The largest absolute Gasteiger partial charge is 0.508 e. The fourth-order valence-corrected chi connectivity index (χ4v) is 3.22. The number of nitrogens with one attached hydrogen (secondary N) is 2. The summed E-state index contributed by atoms with van der Waals surface area (Å²) in [5.41, 5.74) is 3.41. The Balaban J connectivity index is 1.73. The van der Waals surface area contributed by atoms with Crippen LogP contribution in [0.4, 0.5) is 10.5 Å². The summed E-state index contributed by atoms with van der Waals surface area (Å²) in [5, 5.41) is 15.7. The number of urea groups is 1. The van der Waals surface area contributed by atoms with E-state index in [1.54, 1.807) is 32.4 Å². The van der Waals surface area contributed by atoms with Gasteiger partial charge in [-0.15, -0.1) is 0 Å². The normalized spacial score (nSPS) is 15.4. The van der Waals surface area contributed by atoms with Crippen LogP contribution in [0.2, 0.25) is 0 Å². The fourth-order valence-electron chi connectivity index (χ4n) is 3.22. The van der Waals surface area contributed by atoms with Gasteiger partial charge in [0.05, 0.1) is 20.3 Å². The number of ether oxygens (including phenoxy) is 2. The number of rotatable bonds is 4. The molecule has 1 unspecified atom stereocenters. The van der Waals surface area contributed by atoms with E-state index in [0.29, 0.717) is 17.2 Å². The SMILES string of the molecule is COc1cc(C)c(NC(=O)NC2CCc3c(O)cccc32)cc1OC. The molecule has 1 aliphatic rings. The molecule has 3 N–H and O–H groups in total. The maximum Gasteiger partial charge on any atom is 0.319 e. The summed E-state index contributed by atoms with van der Waals surface area (Å²) in [4.78, 5) is 12.4. The number of aromatic hydroxyl groups is 1. The van der Waals surface area contributed by atoms with E-state index in [-0.39, 0.29) is 17.8 Å². The quantitative estimate of drug-likeness (QED) is 0.794. The number of hydrogen-bond donors (Lipinski definition) is 3. The maximum atomic E-state index is 12.4. The zero-order chi connectivity index (χ0) is 18.0. The number of carbonyl (C=O) groups is 1. The van der Waals surface area contributed by atoms with Gasteiger partial charge in [-0.05, 0) is 48.6 Å². The highest BCUT2D eigenvalue weighted by Gasteiger charge is 2.26. The predicted molar refractivity (Wildman–Crippen MR) is 95.6 cm³/mol. The Morgan fingerprint density at radius 2 is 1.92 bits per heavy atom. The lowest BCUT2D eigenvalue weighted by Crippen LogP contribution is -2.31. The molecular formula is C19H22N2O4. The molecule has 2 aromatic rings. The number of carbonyl (C=O) groups excluding carboxylic acids is 1. The summed E-state index contributed by atoms with van der Waals surface area (Å²) >= 11 is 0. The number of phenols is 1. The molecule has 1 aliphatic carbocycles. The summed E-state index contributed by atoms with van der Waals surface area (Å²) in [6, 6.07) is 8.56. The van der Waals surface area contributed by atoms with Crippen LogP contribution in [0.5, 0.6) is 17.2 Å². The van der Waals surface area contributed by atoms with Crippen molar-refractivity contribution >= 4 is 11.7 Å². The average Bonchev–Trinajstić information content (AvgIpc) is 3.00. The minimum absolute atomic E-state index is 0.109. The number of anilines is 1. The molecule has 0 fully saturated rings. The molecule has 25 heavy (non-hydrogen) atoms. The Labute approximate surface area is 146 Å². The van der Waals surface area contributed by atoms with Crippen molar-refractivity contribution in [1.29, 1.82) is 0 Å². The van der Waals surface area contributed by atoms with Crippen LogP contribution in [-0.2, 0) is 6.42 Å². The Kier molecular flexibility index (Phi) is 4.70. The lowest BCUT2D eigenvalue weighted by atomic mass is 10.1. The molecule has 1 atom stereocenters. The third kappa shape index (κ3) is 3.33. The fraction of sp³-hybridized carbons (Fsp3) is 0.316. The lowest BCUT2D eigenvalue weighted by molar-refractivity contribution is 0.248. The monoisotopic (exact) mass is 342 g/mol. The molecule has 0 saturated carbocycles. The van der Waals surface area contributed by atoms with Gasteiger partial charge in [0.15, 0.2) is 11.5 Å². The second-order valence-corrected chi connectivity index (χ2v) is 6.06. The van der Waals surface area contributed by atoms with E-state index in [9.17, 15) is 9.90 Å². The number of hydrogen-bond acceptors (Lipinski definition) is 4. The minimum atomic E-state index is -0.295. The second kappa shape index (κ2) is 6.93. The molecular weight excluding hydrogens is 320 g/mol. The summed E-state index contributed by atoms with van der Waals surface area (Å²) in [5.74, 6) is 1.46. The van der Waals surface area contributed by atoms with Crippen molar-refractivity contribution in [1.82, 2.24) is 5.32 Å². The van der Waals surface area contributed by atoms with Crippen LogP contribution < -0.4 is 20.1 Å². The highest BCUT2D eigenvalue weighted by Crippen LogP contribution is 2.36. The van der Waals surface area contributed by atoms with E-state index in [0.717, 1.165) is 29.5 Å².